The van der Waals surface area contributed by atoms with Crippen molar-refractivity contribution in [2.24, 2.45) is 5.92 Å². The molecular weight excluding hydrogens is 290 g/mol. The fourth-order valence-electron chi connectivity index (χ4n) is 2.06. The van der Waals surface area contributed by atoms with Gasteiger partial charge in [-0.15, -0.1) is 0 Å². The molecule has 0 radical (unpaired) electrons. The SMILES string of the molecule is CCCS(=O)(=O)Nc1cccc(C(=O)NCC2CNC2)c1. The van der Waals surface area contributed by atoms with Crippen LogP contribution in [-0.4, -0.2) is 39.7 Å². The number of rotatable bonds is 7. The summed E-state index contributed by atoms with van der Waals surface area (Å²) in [5.41, 5.74) is 0.875. The molecule has 1 aromatic carbocycles. The lowest BCUT2D eigenvalue weighted by atomic mass is 10.0. The van der Waals surface area contributed by atoms with Crippen LogP contribution in [0.1, 0.15) is 23.7 Å². The van der Waals surface area contributed by atoms with Gasteiger partial charge in [-0.05, 0) is 24.6 Å². The Balaban J connectivity index is 1.97. The Labute approximate surface area is 125 Å². The van der Waals surface area contributed by atoms with Crippen LogP contribution in [0.4, 0.5) is 5.69 Å². The lowest BCUT2D eigenvalue weighted by molar-refractivity contribution is 0.0942. The van der Waals surface area contributed by atoms with Crippen LogP contribution in [0, 0.1) is 5.92 Å². The molecule has 0 bridgehead atoms. The molecule has 6 nitrogen and oxygen atoms in total. The van der Waals surface area contributed by atoms with Crippen molar-refractivity contribution >= 4 is 21.6 Å². The molecule has 1 heterocycles. The van der Waals surface area contributed by atoms with Crippen molar-refractivity contribution in [2.45, 2.75) is 13.3 Å². The summed E-state index contributed by atoms with van der Waals surface area (Å²) in [7, 11) is -3.34. The Kier molecular flexibility index (Phi) is 5.19. The van der Waals surface area contributed by atoms with Crippen molar-refractivity contribution in [3.8, 4) is 0 Å². The fraction of sp³-hybridized carbons (Fsp3) is 0.500. The van der Waals surface area contributed by atoms with E-state index in [0.29, 0.717) is 30.1 Å². The minimum absolute atomic E-state index is 0.0676. The highest BCUT2D eigenvalue weighted by Gasteiger charge is 2.18. The Morgan fingerprint density at radius 1 is 1.38 bits per heavy atom. The molecular formula is C14H21N3O3S. The van der Waals surface area contributed by atoms with E-state index < -0.39 is 10.0 Å². The van der Waals surface area contributed by atoms with E-state index in [1.54, 1.807) is 31.2 Å². The average molecular weight is 311 g/mol. The molecule has 0 aliphatic carbocycles. The number of benzene rings is 1. The second-order valence-electron chi connectivity index (χ2n) is 5.24. The zero-order valence-corrected chi connectivity index (χ0v) is 12.9. The maximum absolute atomic E-state index is 12.0. The van der Waals surface area contributed by atoms with Gasteiger partial charge in [-0.25, -0.2) is 8.42 Å². The van der Waals surface area contributed by atoms with Crippen LogP contribution in [0.5, 0.6) is 0 Å². The van der Waals surface area contributed by atoms with Crippen molar-refractivity contribution in [3.63, 3.8) is 0 Å². The van der Waals surface area contributed by atoms with Gasteiger partial charge < -0.3 is 10.6 Å². The molecule has 0 aromatic heterocycles. The molecule has 0 atom stereocenters. The van der Waals surface area contributed by atoms with Crippen LogP contribution < -0.4 is 15.4 Å². The molecule has 0 unspecified atom stereocenters. The van der Waals surface area contributed by atoms with E-state index in [0.717, 1.165) is 13.1 Å². The van der Waals surface area contributed by atoms with Crippen LogP contribution in [0.2, 0.25) is 0 Å². The molecule has 0 saturated carbocycles. The zero-order valence-electron chi connectivity index (χ0n) is 12.1. The highest BCUT2D eigenvalue weighted by molar-refractivity contribution is 7.92. The van der Waals surface area contributed by atoms with Crippen LogP contribution in [0.25, 0.3) is 0 Å². The molecule has 21 heavy (non-hydrogen) atoms. The molecule has 1 saturated heterocycles. The van der Waals surface area contributed by atoms with Gasteiger partial charge in [0.15, 0.2) is 0 Å². The van der Waals surface area contributed by atoms with Crippen molar-refractivity contribution in [1.82, 2.24) is 10.6 Å². The maximum Gasteiger partial charge on any atom is 0.251 e. The van der Waals surface area contributed by atoms with E-state index in [9.17, 15) is 13.2 Å². The smallest absolute Gasteiger partial charge is 0.251 e. The number of anilines is 1. The zero-order chi connectivity index (χ0) is 15.3. The Bertz CT molecular complexity index is 597. The van der Waals surface area contributed by atoms with Crippen molar-refractivity contribution < 1.29 is 13.2 Å². The van der Waals surface area contributed by atoms with Crippen molar-refractivity contribution in [3.05, 3.63) is 29.8 Å². The third-order valence-corrected chi connectivity index (χ3v) is 4.78. The normalized spacial score (nSPS) is 15.3. The van der Waals surface area contributed by atoms with Gasteiger partial charge in [-0.1, -0.05) is 13.0 Å². The van der Waals surface area contributed by atoms with Crippen molar-refractivity contribution in [2.75, 3.05) is 30.1 Å². The largest absolute Gasteiger partial charge is 0.352 e. The topological polar surface area (TPSA) is 87.3 Å². The second-order valence-corrected chi connectivity index (χ2v) is 7.08. The van der Waals surface area contributed by atoms with E-state index in [2.05, 4.69) is 15.4 Å². The molecule has 1 amide bonds. The maximum atomic E-state index is 12.0. The number of carbonyl (C=O) groups is 1. The van der Waals surface area contributed by atoms with E-state index in [4.69, 9.17) is 0 Å². The van der Waals surface area contributed by atoms with E-state index in [1.807, 2.05) is 0 Å². The Morgan fingerprint density at radius 3 is 2.76 bits per heavy atom. The lowest BCUT2D eigenvalue weighted by Crippen LogP contribution is -2.48. The van der Waals surface area contributed by atoms with Gasteiger partial charge in [0.25, 0.3) is 5.91 Å². The quantitative estimate of drug-likeness (QED) is 0.695. The van der Waals surface area contributed by atoms with Gasteiger partial charge in [0.05, 0.1) is 5.75 Å². The first kappa shape index (κ1) is 15.8. The highest BCUT2D eigenvalue weighted by Crippen LogP contribution is 2.13. The number of sulfonamides is 1. The predicted octanol–water partition coefficient (Wildman–Crippen LogP) is 0.788. The monoisotopic (exact) mass is 311 g/mol. The van der Waals surface area contributed by atoms with Gasteiger partial charge in [-0.3, -0.25) is 9.52 Å². The Hall–Kier alpha value is -1.60. The van der Waals surface area contributed by atoms with E-state index in [1.165, 1.54) is 0 Å². The summed E-state index contributed by atoms with van der Waals surface area (Å²) in [6.45, 7) is 4.30. The molecule has 3 N–H and O–H groups in total. The first-order valence-corrected chi connectivity index (χ1v) is 8.75. The fourth-order valence-corrected chi connectivity index (χ4v) is 3.18. The van der Waals surface area contributed by atoms with Crippen molar-refractivity contribution in [1.29, 1.82) is 0 Å². The number of hydrogen-bond acceptors (Lipinski definition) is 4. The van der Waals surface area contributed by atoms with Crippen LogP contribution in [0.15, 0.2) is 24.3 Å². The summed E-state index contributed by atoms with van der Waals surface area (Å²) in [5.74, 6) is 0.372. The number of amides is 1. The predicted molar refractivity (Wildman–Crippen MR) is 82.8 cm³/mol. The molecule has 1 aliphatic heterocycles. The van der Waals surface area contributed by atoms with Crippen LogP contribution >= 0.6 is 0 Å². The summed E-state index contributed by atoms with van der Waals surface area (Å²) < 4.78 is 25.9. The summed E-state index contributed by atoms with van der Waals surface area (Å²) in [4.78, 5) is 12.0. The first-order chi connectivity index (χ1) is 10.00. The first-order valence-electron chi connectivity index (χ1n) is 7.09. The molecule has 116 valence electrons. The van der Waals surface area contributed by atoms with Gasteiger partial charge in [0.1, 0.15) is 0 Å². The molecule has 1 fully saturated rings. The standard InChI is InChI=1S/C14H21N3O3S/c1-2-6-21(19,20)17-13-5-3-4-12(7-13)14(18)16-10-11-8-15-9-11/h3-5,7,11,15,17H,2,6,8-10H2,1H3,(H,16,18). The minimum Gasteiger partial charge on any atom is -0.352 e. The second kappa shape index (κ2) is 6.91. The molecule has 1 aliphatic rings. The van der Waals surface area contributed by atoms with Gasteiger partial charge in [-0.2, -0.15) is 0 Å². The number of carbonyl (C=O) groups excluding carboxylic acids is 1. The van der Waals surface area contributed by atoms with E-state index in [-0.39, 0.29) is 11.7 Å². The molecule has 7 heteroatoms. The van der Waals surface area contributed by atoms with Crippen LogP contribution in [-0.2, 0) is 10.0 Å². The summed E-state index contributed by atoms with van der Waals surface area (Å²) in [6.07, 6.45) is 0.547. The number of nitrogens with one attached hydrogen (secondary N) is 3. The highest BCUT2D eigenvalue weighted by atomic mass is 32.2. The third kappa shape index (κ3) is 4.71. The Morgan fingerprint density at radius 2 is 2.14 bits per heavy atom. The lowest BCUT2D eigenvalue weighted by Gasteiger charge is -2.27. The average Bonchev–Trinajstić information content (AvgIpc) is 2.36. The van der Waals surface area contributed by atoms with E-state index >= 15 is 0 Å². The molecule has 1 aromatic rings. The molecule has 0 spiro atoms. The minimum atomic E-state index is -3.34. The van der Waals surface area contributed by atoms with Crippen LogP contribution in [0.3, 0.4) is 0 Å². The number of hydrogen-bond donors (Lipinski definition) is 3. The van der Waals surface area contributed by atoms with Gasteiger partial charge in [0.2, 0.25) is 10.0 Å². The summed E-state index contributed by atoms with van der Waals surface area (Å²) >= 11 is 0. The van der Waals surface area contributed by atoms with Gasteiger partial charge in [0, 0.05) is 36.8 Å². The third-order valence-electron chi connectivity index (χ3n) is 3.29. The summed E-state index contributed by atoms with van der Waals surface area (Å²) in [5, 5.41) is 6.00. The molecule has 2 rings (SSSR count). The van der Waals surface area contributed by atoms with Gasteiger partial charge >= 0.3 is 0 Å². The summed E-state index contributed by atoms with van der Waals surface area (Å²) in [6, 6.07) is 6.54.